The van der Waals surface area contributed by atoms with Crippen molar-refractivity contribution in [2.75, 3.05) is 0 Å². The Kier molecular flexibility index (Phi) is 3.42. The number of halogens is 1. The van der Waals surface area contributed by atoms with Gasteiger partial charge in [-0.1, -0.05) is 43.1 Å². The van der Waals surface area contributed by atoms with Crippen molar-refractivity contribution >= 4 is 15.9 Å². The van der Waals surface area contributed by atoms with Crippen molar-refractivity contribution in [3.63, 3.8) is 0 Å². The Morgan fingerprint density at radius 2 is 1.91 bits per heavy atom. The highest BCUT2D eigenvalue weighted by Gasteiger charge is 2.28. The summed E-state index contributed by atoms with van der Waals surface area (Å²) in [5.74, 6) is 2.72. The van der Waals surface area contributed by atoms with Crippen molar-refractivity contribution in [2.24, 2.45) is 17.8 Å². The van der Waals surface area contributed by atoms with Gasteiger partial charge in [0.15, 0.2) is 0 Å². The first-order valence-corrected chi connectivity index (χ1v) is 5.67. The van der Waals surface area contributed by atoms with E-state index in [1.807, 2.05) is 0 Å². The minimum absolute atomic E-state index is 0.784. The fourth-order valence-electron chi connectivity index (χ4n) is 2.09. The summed E-state index contributed by atoms with van der Waals surface area (Å²) >= 11 is 3.80. The van der Waals surface area contributed by atoms with Crippen molar-refractivity contribution < 1.29 is 0 Å². The summed E-state index contributed by atoms with van der Waals surface area (Å²) in [6.45, 7) is 7.05. The summed E-state index contributed by atoms with van der Waals surface area (Å²) < 4.78 is 0. The first-order valence-electron chi connectivity index (χ1n) is 4.75. The van der Waals surface area contributed by atoms with E-state index in [1.165, 1.54) is 19.3 Å². The molecule has 1 fully saturated rings. The van der Waals surface area contributed by atoms with Crippen LogP contribution >= 0.6 is 15.9 Å². The van der Waals surface area contributed by atoms with Crippen LogP contribution in [-0.2, 0) is 0 Å². The van der Waals surface area contributed by atoms with E-state index in [9.17, 15) is 0 Å². The molecule has 0 nitrogen and oxygen atoms in total. The highest BCUT2D eigenvalue weighted by atomic mass is 79.9. The number of hydrogen-bond donors (Lipinski definition) is 0. The molecule has 66 valence electrons. The van der Waals surface area contributed by atoms with E-state index in [2.05, 4.69) is 36.7 Å². The van der Waals surface area contributed by atoms with Crippen molar-refractivity contribution in [2.45, 2.75) is 44.9 Å². The lowest BCUT2D eigenvalue weighted by Crippen LogP contribution is -2.27. The molecule has 0 radical (unpaired) electrons. The van der Waals surface area contributed by atoms with Crippen molar-refractivity contribution in [1.29, 1.82) is 0 Å². The fourth-order valence-corrected chi connectivity index (χ4v) is 3.60. The first-order chi connectivity index (χ1) is 5.11. The Balaban J connectivity index is 2.44. The lowest BCUT2D eigenvalue weighted by atomic mass is 9.77. The zero-order chi connectivity index (χ0) is 8.43. The molecule has 0 bridgehead atoms. The van der Waals surface area contributed by atoms with E-state index in [4.69, 9.17) is 0 Å². The Morgan fingerprint density at radius 1 is 1.27 bits per heavy atom. The highest BCUT2D eigenvalue weighted by Crippen LogP contribution is 2.37. The molecule has 0 N–H and O–H groups in total. The third kappa shape index (κ3) is 2.47. The molecular formula is C10H19Br. The summed E-state index contributed by atoms with van der Waals surface area (Å²) in [6.07, 6.45) is 4.24. The summed E-state index contributed by atoms with van der Waals surface area (Å²) in [5.41, 5.74) is 0. The largest absolute Gasteiger partial charge is 0.0887 e. The van der Waals surface area contributed by atoms with Gasteiger partial charge in [0.2, 0.25) is 0 Å². The SMILES string of the molecule is CC(C)[C@H]1CC[C@H](C)C[C@H]1Br. The monoisotopic (exact) mass is 218 g/mol. The van der Waals surface area contributed by atoms with Crippen LogP contribution in [0.25, 0.3) is 0 Å². The molecule has 1 aliphatic carbocycles. The maximum absolute atomic E-state index is 3.80. The lowest BCUT2D eigenvalue weighted by Gasteiger charge is -2.33. The Labute approximate surface area is 78.9 Å². The minimum Gasteiger partial charge on any atom is -0.0887 e. The molecule has 1 heteroatoms. The molecule has 0 spiro atoms. The number of rotatable bonds is 1. The van der Waals surface area contributed by atoms with Gasteiger partial charge in [0, 0.05) is 4.83 Å². The second-order valence-corrected chi connectivity index (χ2v) is 5.52. The van der Waals surface area contributed by atoms with Gasteiger partial charge in [-0.25, -0.2) is 0 Å². The van der Waals surface area contributed by atoms with Crippen molar-refractivity contribution in [1.82, 2.24) is 0 Å². The van der Waals surface area contributed by atoms with Gasteiger partial charge in [0.25, 0.3) is 0 Å². The van der Waals surface area contributed by atoms with Crippen LogP contribution < -0.4 is 0 Å². The van der Waals surface area contributed by atoms with Crippen LogP contribution in [0.4, 0.5) is 0 Å². The predicted molar refractivity (Wildman–Crippen MR) is 54.1 cm³/mol. The van der Waals surface area contributed by atoms with Gasteiger partial charge in [0.1, 0.15) is 0 Å². The molecule has 0 aromatic carbocycles. The van der Waals surface area contributed by atoms with Crippen LogP contribution in [0.2, 0.25) is 0 Å². The first kappa shape index (κ1) is 9.57. The van der Waals surface area contributed by atoms with Gasteiger partial charge in [0.05, 0.1) is 0 Å². The van der Waals surface area contributed by atoms with E-state index in [0.29, 0.717) is 0 Å². The molecule has 1 saturated carbocycles. The van der Waals surface area contributed by atoms with E-state index >= 15 is 0 Å². The van der Waals surface area contributed by atoms with Crippen LogP contribution in [0.3, 0.4) is 0 Å². The van der Waals surface area contributed by atoms with Gasteiger partial charge < -0.3 is 0 Å². The van der Waals surface area contributed by atoms with Crippen LogP contribution in [0, 0.1) is 17.8 Å². The second-order valence-electron chi connectivity index (χ2n) is 4.34. The molecule has 0 aromatic heterocycles. The van der Waals surface area contributed by atoms with Gasteiger partial charge >= 0.3 is 0 Å². The maximum atomic E-state index is 3.80. The quantitative estimate of drug-likeness (QED) is 0.588. The minimum atomic E-state index is 0.784. The Bertz CT molecular complexity index is 120. The van der Waals surface area contributed by atoms with Crippen LogP contribution in [0.1, 0.15) is 40.0 Å². The summed E-state index contributed by atoms with van der Waals surface area (Å²) in [4.78, 5) is 0.784. The smallest absolute Gasteiger partial charge is 0.0179 e. The summed E-state index contributed by atoms with van der Waals surface area (Å²) in [6, 6.07) is 0. The van der Waals surface area contributed by atoms with Crippen molar-refractivity contribution in [3.05, 3.63) is 0 Å². The highest BCUT2D eigenvalue weighted by molar-refractivity contribution is 9.09. The lowest BCUT2D eigenvalue weighted by molar-refractivity contribution is 0.247. The zero-order valence-electron chi connectivity index (χ0n) is 7.81. The molecule has 0 heterocycles. The fraction of sp³-hybridized carbons (Fsp3) is 1.00. The standard InChI is InChI=1S/C10H19Br/c1-7(2)9-5-4-8(3)6-10(9)11/h7-10H,4-6H2,1-3H3/t8-,9+,10+/m0/s1. The van der Waals surface area contributed by atoms with Gasteiger partial charge in [-0.05, 0) is 30.6 Å². The van der Waals surface area contributed by atoms with E-state index in [-0.39, 0.29) is 0 Å². The molecule has 0 aliphatic heterocycles. The van der Waals surface area contributed by atoms with Crippen LogP contribution in [-0.4, -0.2) is 4.83 Å². The van der Waals surface area contributed by atoms with Gasteiger partial charge in [-0.15, -0.1) is 0 Å². The number of alkyl halides is 1. The molecule has 0 unspecified atom stereocenters. The molecule has 1 aliphatic rings. The van der Waals surface area contributed by atoms with Crippen molar-refractivity contribution in [3.8, 4) is 0 Å². The maximum Gasteiger partial charge on any atom is 0.0179 e. The molecule has 11 heavy (non-hydrogen) atoms. The second kappa shape index (κ2) is 3.93. The normalized spacial score (nSPS) is 39.5. The van der Waals surface area contributed by atoms with E-state index in [1.54, 1.807) is 0 Å². The zero-order valence-corrected chi connectivity index (χ0v) is 9.39. The van der Waals surface area contributed by atoms with E-state index in [0.717, 1.165) is 22.6 Å². The third-order valence-corrected chi connectivity index (χ3v) is 3.99. The molecular weight excluding hydrogens is 200 g/mol. The van der Waals surface area contributed by atoms with Crippen LogP contribution in [0.5, 0.6) is 0 Å². The average molecular weight is 219 g/mol. The number of hydrogen-bond acceptors (Lipinski definition) is 0. The molecule has 0 aromatic rings. The average Bonchev–Trinajstić information content (AvgIpc) is 1.85. The van der Waals surface area contributed by atoms with Gasteiger partial charge in [-0.2, -0.15) is 0 Å². The molecule has 0 amide bonds. The molecule has 1 rings (SSSR count). The Morgan fingerprint density at radius 3 is 2.36 bits per heavy atom. The molecule has 3 atom stereocenters. The summed E-state index contributed by atoms with van der Waals surface area (Å²) in [7, 11) is 0. The predicted octanol–water partition coefficient (Wildman–Crippen LogP) is 3.84. The Hall–Kier alpha value is 0.480. The van der Waals surface area contributed by atoms with Gasteiger partial charge in [-0.3, -0.25) is 0 Å². The summed E-state index contributed by atoms with van der Waals surface area (Å²) in [5, 5.41) is 0. The van der Waals surface area contributed by atoms with E-state index < -0.39 is 0 Å². The molecule has 0 saturated heterocycles. The topological polar surface area (TPSA) is 0 Å². The third-order valence-electron chi connectivity index (χ3n) is 2.94. The van der Waals surface area contributed by atoms with Crippen LogP contribution in [0.15, 0.2) is 0 Å².